The molecule has 0 aromatic heterocycles. The Kier molecular flexibility index (Phi) is 5.39. The second-order valence-electron chi connectivity index (χ2n) is 4.79. The van der Waals surface area contributed by atoms with Gasteiger partial charge in [-0.15, -0.1) is 0 Å². The first-order valence-corrected chi connectivity index (χ1v) is 7.96. The molecule has 1 saturated heterocycles. The number of carbonyl (C=O) groups is 1. The van der Waals surface area contributed by atoms with Crippen LogP contribution in [0.2, 0.25) is 0 Å². The van der Waals surface area contributed by atoms with Crippen LogP contribution in [-0.4, -0.2) is 38.9 Å². The minimum atomic E-state index is -2.85. The van der Waals surface area contributed by atoms with Crippen LogP contribution in [0.4, 0.5) is 0 Å². The molecule has 3 N–H and O–H groups in total. The van der Waals surface area contributed by atoms with Crippen LogP contribution in [0.5, 0.6) is 0 Å². The highest BCUT2D eigenvalue weighted by atomic mass is 32.2. The van der Waals surface area contributed by atoms with Crippen molar-refractivity contribution in [2.45, 2.75) is 26.2 Å². The van der Waals surface area contributed by atoms with E-state index < -0.39 is 9.84 Å². The van der Waals surface area contributed by atoms with Gasteiger partial charge in [-0.2, -0.15) is 0 Å². The lowest BCUT2D eigenvalue weighted by Gasteiger charge is -2.13. The van der Waals surface area contributed by atoms with Gasteiger partial charge in [0.05, 0.1) is 11.5 Å². The summed E-state index contributed by atoms with van der Waals surface area (Å²) in [4.78, 5) is 11.6. The highest BCUT2D eigenvalue weighted by Crippen LogP contribution is 2.17. The van der Waals surface area contributed by atoms with Crippen molar-refractivity contribution >= 4 is 15.7 Å². The summed E-state index contributed by atoms with van der Waals surface area (Å²) in [7, 11) is -2.85. The van der Waals surface area contributed by atoms with Crippen molar-refractivity contribution in [3.63, 3.8) is 0 Å². The molecule has 1 aliphatic rings. The van der Waals surface area contributed by atoms with Crippen molar-refractivity contribution in [2.24, 2.45) is 17.6 Å². The van der Waals surface area contributed by atoms with E-state index in [1.54, 1.807) is 0 Å². The molecule has 5 nitrogen and oxygen atoms in total. The van der Waals surface area contributed by atoms with Crippen molar-refractivity contribution in [3.8, 4) is 0 Å². The van der Waals surface area contributed by atoms with Crippen LogP contribution in [0.1, 0.15) is 26.2 Å². The van der Waals surface area contributed by atoms with Gasteiger partial charge in [-0.3, -0.25) is 4.79 Å². The molecular weight excluding hydrogens is 240 g/mol. The molecule has 0 aromatic carbocycles. The molecule has 17 heavy (non-hydrogen) atoms. The summed E-state index contributed by atoms with van der Waals surface area (Å²) in [6.07, 6.45) is 1.99. The van der Waals surface area contributed by atoms with E-state index in [-0.39, 0.29) is 29.2 Å². The van der Waals surface area contributed by atoms with Crippen molar-refractivity contribution in [2.75, 3.05) is 24.6 Å². The summed E-state index contributed by atoms with van der Waals surface area (Å²) in [6, 6.07) is 0. The van der Waals surface area contributed by atoms with E-state index in [0.29, 0.717) is 25.9 Å². The lowest BCUT2D eigenvalue weighted by molar-refractivity contribution is -0.122. The maximum absolute atomic E-state index is 11.6. The number of rotatable bonds is 6. The van der Waals surface area contributed by atoms with Gasteiger partial charge in [0.1, 0.15) is 0 Å². The summed E-state index contributed by atoms with van der Waals surface area (Å²) in [6.45, 7) is 3.00. The van der Waals surface area contributed by atoms with E-state index in [1.807, 2.05) is 6.92 Å². The molecule has 0 spiro atoms. The molecule has 2 unspecified atom stereocenters. The summed E-state index contributed by atoms with van der Waals surface area (Å²) in [5, 5.41) is 2.80. The molecular formula is C11H22N2O3S. The topological polar surface area (TPSA) is 89.3 Å². The summed E-state index contributed by atoms with van der Waals surface area (Å²) in [5.41, 5.74) is 5.53. The normalized spacial score (nSPS) is 24.5. The number of nitrogens with one attached hydrogen (secondary N) is 1. The predicted molar refractivity (Wildman–Crippen MR) is 67.2 cm³/mol. The molecule has 1 heterocycles. The van der Waals surface area contributed by atoms with Gasteiger partial charge in [0, 0.05) is 13.0 Å². The fraction of sp³-hybridized carbons (Fsp3) is 0.909. The van der Waals surface area contributed by atoms with Crippen LogP contribution in [0.3, 0.4) is 0 Å². The number of carbonyl (C=O) groups excluding carboxylic acids is 1. The Labute approximate surface area is 103 Å². The molecule has 100 valence electrons. The third-order valence-electron chi connectivity index (χ3n) is 3.30. The minimum absolute atomic E-state index is 0.0217. The zero-order chi connectivity index (χ0) is 12.9. The molecule has 0 radical (unpaired) electrons. The van der Waals surface area contributed by atoms with Gasteiger partial charge in [0.2, 0.25) is 5.91 Å². The van der Waals surface area contributed by atoms with E-state index in [2.05, 4.69) is 5.32 Å². The zero-order valence-corrected chi connectivity index (χ0v) is 11.1. The third-order valence-corrected chi connectivity index (χ3v) is 5.14. The lowest BCUT2D eigenvalue weighted by atomic mass is 10.0. The van der Waals surface area contributed by atoms with E-state index in [1.165, 1.54) is 0 Å². The van der Waals surface area contributed by atoms with Crippen molar-refractivity contribution in [1.82, 2.24) is 5.32 Å². The Hall–Kier alpha value is -0.620. The molecule has 0 bridgehead atoms. The third kappa shape index (κ3) is 5.04. The summed E-state index contributed by atoms with van der Waals surface area (Å²) >= 11 is 0. The van der Waals surface area contributed by atoms with Crippen molar-refractivity contribution in [1.29, 1.82) is 0 Å². The molecule has 1 amide bonds. The first-order valence-electron chi connectivity index (χ1n) is 6.14. The van der Waals surface area contributed by atoms with E-state index in [9.17, 15) is 13.2 Å². The zero-order valence-electron chi connectivity index (χ0n) is 10.3. The highest BCUT2D eigenvalue weighted by molar-refractivity contribution is 7.91. The molecule has 1 fully saturated rings. The van der Waals surface area contributed by atoms with E-state index in [4.69, 9.17) is 5.73 Å². The molecule has 6 heteroatoms. The minimum Gasteiger partial charge on any atom is -0.356 e. The maximum Gasteiger partial charge on any atom is 0.220 e. The van der Waals surface area contributed by atoms with Crippen LogP contribution < -0.4 is 11.1 Å². The largest absolute Gasteiger partial charge is 0.356 e. The lowest BCUT2D eigenvalue weighted by Crippen LogP contribution is -2.32. The van der Waals surface area contributed by atoms with Gasteiger partial charge >= 0.3 is 0 Å². The average molecular weight is 262 g/mol. The fourth-order valence-corrected chi connectivity index (χ4v) is 3.88. The smallest absolute Gasteiger partial charge is 0.220 e. The van der Waals surface area contributed by atoms with Crippen LogP contribution in [0, 0.1) is 11.8 Å². The van der Waals surface area contributed by atoms with Crippen molar-refractivity contribution in [3.05, 3.63) is 0 Å². The Morgan fingerprint density at radius 1 is 1.53 bits per heavy atom. The quantitative estimate of drug-likeness (QED) is 0.700. The molecule has 0 saturated carbocycles. The number of hydrogen-bond donors (Lipinski definition) is 2. The monoisotopic (exact) mass is 262 g/mol. The molecule has 0 aromatic rings. The number of nitrogens with two attached hydrogens (primary N) is 1. The Morgan fingerprint density at radius 3 is 2.71 bits per heavy atom. The maximum atomic E-state index is 11.6. The summed E-state index contributed by atoms with van der Waals surface area (Å²) in [5.74, 6) is 0.755. The number of amides is 1. The van der Waals surface area contributed by atoms with Gasteiger partial charge in [-0.25, -0.2) is 8.42 Å². The van der Waals surface area contributed by atoms with Gasteiger partial charge in [0.15, 0.2) is 9.84 Å². The second kappa shape index (κ2) is 6.35. The highest BCUT2D eigenvalue weighted by Gasteiger charge is 2.27. The Bertz CT molecular complexity index is 350. The standard InChI is InChI=1S/C11H22N2O3S/c1-2-9(6-12)5-11(14)13-7-10-3-4-17(15,16)8-10/h9-10H,2-8,12H2,1H3,(H,13,14). The van der Waals surface area contributed by atoms with Gasteiger partial charge in [-0.05, 0) is 24.8 Å². The van der Waals surface area contributed by atoms with Gasteiger partial charge in [-0.1, -0.05) is 13.3 Å². The Balaban J connectivity index is 2.25. The van der Waals surface area contributed by atoms with Crippen LogP contribution in [0.15, 0.2) is 0 Å². The van der Waals surface area contributed by atoms with Gasteiger partial charge in [0.25, 0.3) is 0 Å². The molecule has 1 rings (SSSR count). The van der Waals surface area contributed by atoms with Crippen molar-refractivity contribution < 1.29 is 13.2 Å². The molecule has 0 aliphatic carbocycles. The number of hydrogen-bond acceptors (Lipinski definition) is 4. The van der Waals surface area contributed by atoms with E-state index >= 15 is 0 Å². The first-order chi connectivity index (χ1) is 7.96. The Morgan fingerprint density at radius 2 is 2.24 bits per heavy atom. The average Bonchev–Trinajstić information content (AvgIpc) is 2.63. The SMILES string of the molecule is CCC(CN)CC(=O)NCC1CCS(=O)(=O)C1. The predicted octanol–water partition coefficient (Wildman–Crippen LogP) is -0.0877. The van der Waals surface area contributed by atoms with Crippen LogP contribution >= 0.6 is 0 Å². The fourth-order valence-electron chi connectivity index (χ4n) is 2.02. The molecule has 1 aliphatic heterocycles. The van der Waals surface area contributed by atoms with Crippen LogP contribution in [-0.2, 0) is 14.6 Å². The van der Waals surface area contributed by atoms with Gasteiger partial charge < -0.3 is 11.1 Å². The first kappa shape index (κ1) is 14.4. The summed E-state index contributed by atoms with van der Waals surface area (Å²) < 4.78 is 22.5. The van der Waals surface area contributed by atoms with Crippen LogP contribution in [0.25, 0.3) is 0 Å². The second-order valence-corrected chi connectivity index (χ2v) is 7.02. The number of sulfone groups is 1. The van der Waals surface area contributed by atoms with E-state index in [0.717, 1.165) is 6.42 Å². The molecule has 2 atom stereocenters.